The van der Waals surface area contributed by atoms with Gasteiger partial charge in [0.15, 0.2) is 0 Å². The van der Waals surface area contributed by atoms with Crippen molar-refractivity contribution < 1.29 is 19.0 Å². The molecule has 0 saturated heterocycles. The molecule has 0 bridgehead atoms. The van der Waals surface area contributed by atoms with E-state index >= 15 is 0 Å². The van der Waals surface area contributed by atoms with E-state index in [-0.39, 0.29) is 11.6 Å². The highest BCUT2D eigenvalue weighted by atomic mass is 35.5. The van der Waals surface area contributed by atoms with Gasteiger partial charge in [-0.1, -0.05) is 23.7 Å². The fraction of sp³-hybridized carbons (Fsp3) is 0.158. The van der Waals surface area contributed by atoms with Crippen LogP contribution in [0.4, 0.5) is 0 Å². The van der Waals surface area contributed by atoms with Crippen LogP contribution in [0, 0.1) is 0 Å². The van der Waals surface area contributed by atoms with Crippen LogP contribution in [-0.4, -0.2) is 33.1 Å². The number of amides is 1. The number of carbonyl (C=O) groups is 1. The van der Waals surface area contributed by atoms with Gasteiger partial charge in [0.05, 0.1) is 26.4 Å². The molecule has 1 heterocycles. The normalized spacial score (nSPS) is 14.8. The lowest BCUT2D eigenvalue weighted by Gasteiger charge is -2.12. The second kappa shape index (κ2) is 7.49. The van der Waals surface area contributed by atoms with Crippen molar-refractivity contribution in [1.29, 1.82) is 0 Å². The number of carbonyl (C=O) groups excluding carboxylic acids is 1. The first-order chi connectivity index (χ1) is 12.6. The van der Waals surface area contributed by atoms with Crippen molar-refractivity contribution >= 4 is 29.4 Å². The molecular formula is C19H17ClN2O4. The first kappa shape index (κ1) is 17.8. The van der Waals surface area contributed by atoms with Crippen LogP contribution >= 0.6 is 11.6 Å². The summed E-state index contributed by atoms with van der Waals surface area (Å²) in [5, 5.41) is 3.21. The number of aliphatic imine (C=N–C) groups is 1. The standard InChI is InChI=1S/C19H17ClN2O4/c1-24-14-8-7-11(9-12(14)20)10-13-19(23)22-18(21-13)17-15(25-2)5-4-6-16(17)26-3/h4-10H,1-3H3,(H,21,22,23)/b13-10+. The van der Waals surface area contributed by atoms with Crippen LogP contribution in [0.3, 0.4) is 0 Å². The molecule has 134 valence electrons. The molecule has 0 spiro atoms. The zero-order valence-electron chi connectivity index (χ0n) is 14.5. The Labute approximate surface area is 156 Å². The number of nitrogens with one attached hydrogen (secondary N) is 1. The minimum absolute atomic E-state index is 0.259. The number of benzene rings is 2. The van der Waals surface area contributed by atoms with E-state index in [4.69, 9.17) is 25.8 Å². The molecule has 2 aromatic carbocycles. The summed E-state index contributed by atoms with van der Waals surface area (Å²) < 4.78 is 15.9. The lowest BCUT2D eigenvalue weighted by molar-refractivity contribution is -0.115. The van der Waals surface area contributed by atoms with E-state index < -0.39 is 0 Å². The third-order valence-electron chi connectivity index (χ3n) is 3.84. The van der Waals surface area contributed by atoms with Crippen molar-refractivity contribution in [2.75, 3.05) is 21.3 Å². The quantitative estimate of drug-likeness (QED) is 0.818. The molecule has 0 radical (unpaired) electrons. The first-order valence-electron chi connectivity index (χ1n) is 7.74. The average Bonchev–Trinajstić information content (AvgIpc) is 3.01. The molecule has 0 fully saturated rings. The molecule has 7 heteroatoms. The van der Waals surface area contributed by atoms with E-state index in [0.29, 0.717) is 33.7 Å². The molecule has 1 aliphatic heterocycles. The van der Waals surface area contributed by atoms with Crippen LogP contribution in [0.25, 0.3) is 6.08 Å². The molecule has 0 atom stereocenters. The number of methoxy groups -OCH3 is 3. The Morgan fingerprint density at radius 2 is 1.65 bits per heavy atom. The summed E-state index contributed by atoms with van der Waals surface area (Å²) in [6.07, 6.45) is 1.65. The van der Waals surface area contributed by atoms with Crippen LogP contribution in [0.5, 0.6) is 17.2 Å². The highest BCUT2D eigenvalue weighted by Crippen LogP contribution is 2.31. The second-order valence-electron chi connectivity index (χ2n) is 5.38. The van der Waals surface area contributed by atoms with Gasteiger partial charge >= 0.3 is 0 Å². The maximum atomic E-state index is 12.3. The van der Waals surface area contributed by atoms with Gasteiger partial charge in [-0.15, -0.1) is 0 Å². The van der Waals surface area contributed by atoms with Crippen LogP contribution < -0.4 is 19.5 Å². The summed E-state index contributed by atoms with van der Waals surface area (Å²) >= 11 is 6.13. The average molecular weight is 373 g/mol. The van der Waals surface area contributed by atoms with Crippen molar-refractivity contribution in [1.82, 2.24) is 5.32 Å². The van der Waals surface area contributed by atoms with E-state index in [1.165, 1.54) is 0 Å². The van der Waals surface area contributed by atoms with Crippen molar-refractivity contribution in [3.05, 3.63) is 58.2 Å². The molecule has 1 aliphatic rings. The zero-order chi connectivity index (χ0) is 18.7. The molecule has 1 N–H and O–H groups in total. The maximum Gasteiger partial charge on any atom is 0.275 e. The summed E-state index contributed by atoms with van der Waals surface area (Å²) in [7, 11) is 4.64. The summed E-state index contributed by atoms with van der Waals surface area (Å²) in [4.78, 5) is 16.7. The highest BCUT2D eigenvalue weighted by Gasteiger charge is 2.26. The topological polar surface area (TPSA) is 69.2 Å². The van der Waals surface area contributed by atoms with Gasteiger partial charge in [-0.05, 0) is 35.9 Å². The van der Waals surface area contributed by atoms with Crippen LogP contribution in [-0.2, 0) is 4.79 Å². The SMILES string of the molecule is COc1ccc(/C=C2/N=C(c3c(OC)cccc3OC)NC2=O)cc1Cl. The third-order valence-corrected chi connectivity index (χ3v) is 4.14. The Kier molecular flexibility index (Phi) is 5.14. The Bertz CT molecular complexity index is 900. The van der Waals surface area contributed by atoms with E-state index in [0.717, 1.165) is 5.56 Å². The molecule has 0 unspecified atom stereocenters. The van der Waals surface area contributed by atoms with Crippen molar-refractivity contribution in [3.8, 4) is 17.2 Å². The van der Waals surface area contributed by atoms with Gasteiger partial charge in [0.1, 0.15) is 34.3 Å². The van der Waals surface area contributed by atoms with Crippen LogP contribution in [0.2, 0.25) is 5.02 Å². The molecular weight excluding hydrogens is 356 g/mol. The Balaban J connectivity index is 2.01. The molecule has 26 heavy (non-hydrogen) atoms. The Morgan fingerprint density at radius 1 is 1.00 bits per heavy atom. The van der Waals surface area contributed by atoms with Gasteiger partial charge in [0.2, 0.25) is 0 Å². The fourth-order valence-corrected chi connectivity index (χ4v) is 2.87. The number of rotatable bonds is 5. The Hall–Kier alpha value is -2.99. The number of hydrogen-bond donors (Lipinski definition) is 1. The van der Waals surface area contributed by atoms with Crippen molar-refractivity contribution in [3.63, 3.8) is 0 Å². The largest absolute Gasteiger partial charge is 0.496 e. The lowest BCUT2D eigenvalue weighted by Crippen LogP contribution is -2.25. The van der Waals surface area contributed by atoms with E-state index in [1.54, 1.807) is 63.8 Å². The van der Waals surface area contributed by atoms with Gasteiger partial charge in [-0.25, -0.2) is 4.99 Å². The third kappa shape index (κ3) is 3.36. The number of nitrogens with zero attached hydrogens (tertiary/aromatic N) is 1. The molecule has 1 amide bonds. The number of amidine groups is 1. The van der Waals surface area contributed by atoms with Crippen molar-refractivity contribution in [2.45, 2.75) is 0 Å². The monoisotopic (exact) mass is 372 g/mol. The van der Waals surface area contributed by atoms with Gasteiger partial charge in [-0.3, -0.25) is 4.79 Å². The maximum absolute atomic E-state index is 12.3. The minimum atomic E-state index is -0.320. The predicted octanol–water partition coefficient (Wildman–Crippen LogP) is 3.28. The highest BCUT2D eigenvalue weighted by molar-refractivity contribution is 6.32. The predicted molar refractivity (Wildman–Crippen MR) is 100 cm³/mol. The molecule has 6 nitrogen and oxygen atoms in total. The number of halogens is 1. The molecule has 0 saturated carbocycles. The summed E-state index contributed by atoms with van der Waals surface area (Å²) in [5.74, 6) is 1.72. The summed E-state index contributed by atoms with van der Waals surface area (Å²) in [6.45, 7) is 0. The molecule has 0 aliphatic carbocycles. The zero-order valence-corrected chi connectivity index (χ0v) is 15.3. The molecule has 2 aromatic rings. The van der Waals surface area contributed by atoms with Gasteiger partial charge in [-0.2, -0.15) is 0 Å². The fourth-order valence-electron chi connectivity index (χ4n) is 2.60. The second-order valence-corrected chi connectivity index (χ2v) is 5.78. The lowest BCUT2D eigenvalue weighted by atomic mass is 10.1. The first-order valence-corrected chi connectivity index (χ1v) is 8.11. The van der Waals surface area contributed by atoms with Crippen LogP contribution in [0.1, 0.15) is 11.1 Å². The van der Waals surface area contributed by atoms with E-state index in [2.05, 4.69) is 10.3 Å². The van der Waals surface area contributed by atoms with E-state index in [1.807, 2.05) is 0 Å². The number of hydrogen-bond acceptors (Lipinski definition) is 5. The number of ether oxygens (including phenoxy) is 3. The van der Waals surface area contributed by atoms with Gasteiger partial charge in [0.25, 0.3) is 5.91 Å². The Morgan fingerprint density at radius 3 is 2.23 bits per heavy atom. The van der Waals surface area contributed by atoms with Gasteiger partial charge in [0, 0.05) is 0 Å². The van der Waals surface area contributed by atoms with Crippen LogP contribution in [0.15, 0.2) is 47.1 Å². The molecule has 0 aromatic heterocycles. The molecule has 3 rings (SSSR count). The summed E-state index contributed by atoms with van der Waals surface area (Å²) in [6, 6.07) is 10.6. The van der Waals surface area contributed by atoms with Gasteiger partial charge < -0.3 is 19.5 Å². The van der Waals surface area contributed by atoms with Crippen molar-refractivity contribution in [2.24, 2.45) is 4.99 Å². The minimum Gasteiger partial charge on any atom is -0.496 e. The van der Waals surface area contributed by atoms with E-state index in [9.17, 15) is 4.79 Å². The smallest absolute Gasteiger partial charge is 0.275 e. The summed E-state index contributed by atoms with van der Waals surface area (Å²) in [5.41, 5.74) is 1.58.